The summed E-state index contributed by atoms with van der Waals surface area (Å²) in [5.41, 5.74) is 0. The third-order valence-corrected chi connectivity index (χ3v) is 3.35. The van der Waals surface area contributed by atoms with Gasteiger partial charge in [-0.15, -0.1) is 0 Å². The monoisotopic (exact) mass is 226 g/mol. The summed E-state index contributed by atoms with van der Waals surface area (Å²) in [6.07, 6.45) is 2.63. The van der Waals surface area contributed by atoms with Gasteiger partial charge in [0, 0.05) is 32.0 Å². The summed E-state index contributed by atoms with van der Waals surface area (Å²) in [5, 5.41) is 3.05. The van der Waals surface area contributed by atoms with E-state index in [-0.39, 0.29) is 23.8 Å². The van der Waals surface area contributed by atoms with Crippen LogP contribution < -0.4 is 5.32 Å². The first kappa shape index (κ1) is 13.0. The molecule has 0 aromatic carbocycles. The Hall–Kier alpha value is -1.06. The van der Waals surface area contributed by atoms with Gasteiger partial charge in [-0.2, -0.15) is 0 Å². The van der Waals surface area contributed by atoms with Crippen LogP contribution >= 0.6 is 0 Å². The molecule has 1 aliphatic rings. The second kappa shape index (κ2) is 5.87. The van der Waals surface area contributed by atoms with Gasteiger partial charge in [0.15, 0.2) is 0 Å². The van der Waals surface area contributed by atoms with Crippen molar-refractivity contribution in [3.63, 3.8) is 0 Å². The van der Waals surface area contributed by atoms with E-state index >= 15 is 0 Å². The van der Waals surface area contributed by atoms with E-state index in [9.17, 15) is 9.59 Å². The van der Waals surface area contributed by atoms with Gasteiger partial charge in [0.2, 0.25) is 11.8 Å². The molecule has 1 heterocycles. The first-order valence-corrected chi connectivity index (χ1v) is 6.10. The van der Waals surface area contributed by atoms with Gasteiger partial charge in [0.25, 0.3) is 0 Å². The molecule has 1 aliphatic heterocycles. The number of nitrogens with one attached hydrogen (secondary N) is 1. The Morgan fingerprint density at radius 3 is 2.38 bits per heavy atom. The molecule has 16 heavy (non-hydrogen) atoms. The molecule has 1 atom stereocenters. The molecule has 1 unspecified atom stereocenters. The molecular weight excluding hydrogens is 204 g/mol. The van der Waals surface area contributed by atoms with E-state index in [2.05, 4.69) is 5.32 Å². The van der Waals surface area contributed by atoms with Gasteiger partial charge < -0.3 is 10.2 Å². The van der Waals surface area contributed by atoms with Gasteiger partial charge in [0.05, 0.1) is 0 Å². The number of carbonyl (C=O) groups excluding carboxylic acids is 2. The Balaban J connectivity index is 2.32. The van der Waals surface area contributed by atoms with Gasteiger partial charge in [-0.05, 0) is 19.3 Å². The van der Waals surface area contributed by atoms with Crippen LogP contribution in [0, 0.1) is 5.92 Å². The molecule has 1 N–H and O–H groups in total. The highest BCUT2D eigenvalue weighted by Gasteiger charge is 2.22. The first-order chi connectivity index (χ1) is 7.54. The highest BCUT2D eigenvalue weighted by molar-refractivity contribution is 5.78. The van der Waals surface area contributed by atoms with Crippen LogP contribution in [0.4, 0.5) is 0 Å². The van der Waals surface area contributed by atoms with Gasteiger partial charge in [-0.25, -0.2) is 0 Å². The normalized spacial score (nSPS) is 19.3. The molecule has 0 saturated carbocycles. The molecule has 0 bridgehead atoms. The summed E-state index contributed by atoms with van der Waals surface area (Å²) in [4.78, 5) is 24.6. The molecule has 1 saturated heterocycles. The fraction of sp³-hybridized carbons (Fsp3) is 0.833. The molecule has 92 valence electrons. The topological polar surface area (TPSA) is 49.4 Å². The zero-order valence-corrected chi connectivity index (χ0v) is 10.5. The Morgan fingerprint density at radius 2 is 1.94 bits per heavy atom. The van der Waals surface area contributed by atoms with Crippen molar-refractivity contribution in [2.24, 2.45) is 5.92 Å². The summed E-state index contributed by atoms with van der Waals surface area (Å²) in [6.45, 7) is 7.09. The van der Waals surface area contributed by atoms with Gasteiger partial charge in [0.1, 0.15) is 0 Å². The fourth-order valence-corrected chi connectivity index (χ4v) is 1.87. The molecule has 0 spiro atoms. The van der Waals surface area contributed by atoms with Crippen LogP contribution in [0.2, 0.25) is 0 Å². The molecule has 4 nitrogen and oxygen atoms in total. The highest BCUT2D eigenvalue weighted by atomic mass is 16.2. The number of hydrogen-bond donors (Lipinski definition) is 1. The lowest BCUT2D eigenvalue weighted by Crippen LogP contribution is -2.47. The van der Waals surface area contributed by atoms with Crippen molar-refractivity contribution < 1.29 is 9.59 Å². The van der Waals surface area contributed by atoms with E-state index in [1.54, 1.807) is 6.92 Å². The number of rotatable bonds is 3. The fourth-order valence-electron chi connectivity index (χ4n) is 1.87. The number of piperidine rings is 1. The van der Waals surface area contributed by atoms with Crippen LogP contribution in [-0.2, 0) is 9.59 Å². The van der Waals surface area contributed by atoms with E-state index in [1.807, 2.05) is 18.7 Å². The zero-order chi connectivity index (χ0) is 12.1. The lowest BCUT2D eigenvalue weighted by molar-refractivity contribution is -0.130. The lowest BCUT2D eigenvalue weighted by atomic mass is 10.0. The summed E-state index contributed by atoms with van der Waals surface area (Å²) >= 11 is 0. The standard InChI is InChI=1S/C12H22N2O2/c1-4-9(2)12(16)13-11-5-7-14(8-6-11)10(3)15/h9,11H,4-8H2,1-3H3,(H,13,16). The van der Waals surface area contributed by atoms with Crippen LogP contribution in [0.15, 0.2) is 0 Å². The van der Waals surface area contributed by atoms with Crippen molar-refractivity contribution in [1.82, 2.24) is 10.2 Å². The van der Waals surface area contributed by atoms with E-state index < -0.39 is 0 Å². The SMILES string of the molecule is CCC(C)C(=O)NC1CCN(C(C)=O)CC1. The van der Waals surface area contributed by atoms with E-state index in [1.165, 1.54) is 0 Å². The Bertz CT molecular complexity index is 258. The summed E-state index contributed by atoms with van der Waals surface area (Å²) in [7, 11) is 0. The summed E-state index contributed by atoms with van der Waals surface area (Å²) in [6, 6.07) is 0.247. The third kappa shape index (κ3) is 3.51. The Kier molecular flexibility index (Phi) is 4.77. The van der Waals surface area contributed by atoms with Crippen LogP contribution in [-0.4, -0.2) is 35.8 Å². The van der Waals surface area contributed by atoms with E-state index in [4.69, 9.17) is 0 Å². The van der Waals surface area contributed by atoms with Crippen molar-refractivity contribution in [2.75, 3.05) is 13.1 Å². The van der Waals surface area contributed by atoms with Gasteiger partial charge in [-0.1, -0.05) is 13.8 Å². The number of likely N-dealkylation sites (tertiary alicyclic amines) is 1. The van der Waals surface area contributed by atoms with Crippen molar-refractivity contribution >= 4 is 11.8 Å². The number of hydrogen-bond acceptors (Lipinski definition) is 2. The maximum Gasteiger partial charge on any atom is 0.223 e. The predicted octanol–water partition coefficient (Wildman–Crippen LogP) is 1.16. The molecule has 0 aliphatic carbocycles. The largest absolute Gasteiger partial charge is 0.353 e. The maximum absolute atomic E-state index is 11.7. The summed E-state index contributed by atoms with van der Waals surface area (Å²) < 4.78 is 0. The minimum Gasteiger partial charge on any atom is -0.353 e. The molecule has 0 aromatic heterocycles. The molecule has 1 fully saturated rings. The first-order valence-electron chi connectivity index (χ1n) is 6.10. The predicted molar refractivity (Wildman–Crippen MR) is 62.9 cm³/mol. The van der Waals surface area contributed by atoms with Crippen molar-refractivity contribution in [1.29, 1.82) is 0 Å². The van der Waals surface area contributed by atoms with Crippen molar-refractivity contribution in [2.45, 2.75) is 46.1 Å². The van der Waals surface area contributed by atoms with Crippen molar-refractivity contribution in [3.05, 3.63) is 0 Å². The van der Waals surface area contributed by atoms with Crippen molar-refractivity contribution in [3.8, 4) is 0 Å². The molecular formula is C12H22N2O2. The second-order valence-corrected chi connectivity index (χ2v) is 4.60. The average Bonchev–Trinajstić information content (AvgIpc) is 2.28. The minimum absolute atomic E-state index is 0.0887. The van der Waals surface area contributed by atoms with Gasteiger partial charge in [-0.3, -0.25) is 9.59 Å². The molecule has 2 amide bonds. The Labute approximate surface area is 97.4 Å². The van der Waals surface area contributed by atoms with E-state index in [0.29, 0.717) is 0 Å². The average molecular weight is 226 g/mol. The number of nitrogens with zero attached hydrogens (tertiary/aromatic N) is 1. The highest BCUT2D eigenvalue weighted by Crippen LogP contribution is 2.11. The molecule has 4 heteroatoms. The Morgan fingerprint density at radius 1 is 1.38 bits per heavy atom. The van der Waals surface area contributed by atoms with Gasteiger partial charge >= 0.3 is 0 Å². The van der Waals surface area contributed by atoms with Crippen LogP contribution in [0.5, 0.6) is 0 Å². The van der Waals surface area contributed by atoms with E-state index in [0.717, 1.165) is 32.4 Å². The lowest BCUT2D eigenvalue weighted by Gasteiger charge is -2.32. The second-order valence-electron chi connectivity index (χ2n) is 4.60. The van der Waals surface area contributed by atoms with Crippen LogP contribution in [0.25, 0.3) is 0 Å². The molecule has 1 rings (SSSR count). The quantitative estimate of drug-likeness (QED) is 0.785. The molecule has 0 aromatic rings. The third-order valence-electron chi connectivity index (χ3n) is 3.35. The summed E-state index contributed by atoms with van der Waals surface area (Å²) in [5.74, 6) is 0.362. The van der Waals surface area contributed by atoms with Crippen LogP contribution in [0.1, 0.15) is 40.0 Å². The smallest absolute Gasteiger partial charge is 0.223 e. The minimum atomic E-state index is 0.0887. The van der Waals surface area contributed by atoms with Crippen LogP contribution in [0.3, 0.4) is 0 Å². The number of amides is 2. The zero-order valence-electron chi connectivity index (χ0n) is 10.5. The maximum atomic E-state index is 11.7. The molecule has 0 radical (unpaired) electrons. The number of carbonyl (C=O) groups is 2.